The van der Waals surface area contributed by atoms with Crippen LogP contribution in [0.4, 0.5) is 5.82 Å². The molecular weight excluding hydrogens is 468 g/mol. The van der Waals surface area contributed by atoms with Gasteiger partial charge >= 0.3 is 0 Å². The zero-order valence-electron chi connectivity index (χ0n) is 21.1. The number of hydrogen-bond donors (Lipinski definition) is 0. The Morgan fingerprint density at radius 2 is 1.68 bits per heavy atom. The van der Waals surface area contributed by atoms with E-state index in [9.17, 15) is 4.79 Å². The van der Waals surface area contributed by atoms with E-state index in [4.69, 9.17) is 23.9 Å². The van der Waals surface area contributed by atoms with Crippen LogP contribution in [0.2, 0.25) is 0 Å². The number of aromatic nitrogens is 2. The molecule has 0 bridgehead atoms. The van der Waals surface area contributed by atoms with Crippen LogP contribution in [0.15, 0.2) is 77.4 Å². The van der Waals surface area contributed by atoms with Gasteiger partial charge in [0.05, 0.1) is 25.7 Å². The van der Waals surface area contributed by atoms with Crippen molar-refractivity contribution in [1.82, 2.24) is 14.9 Å². The Hall–Kier alpha value is -4.17. The molecule has 2 aromatic heterocycles. The third-order valence-electron chi connectivity index (χ3n) is 6.52. The highest BCUT2D eigenvalue weighted by Gasteiger charge is 2.27. The number of methoxy groups -OCH3 is 2. The van der Waals surface area contributed by atoms with E-state index in [-0.39, 0.29) is 5.91 Å². The van der Waals surface area contributed by atoms with Crippen molar-refractivity contribution in [1.29, 1.82) is 0 Å². The number of carbonyl (C=O) groups is 1. The minimum atomic E-state index is -0.0872. The minimum absolute atomic E-state index is 0.0872. The van der Waals surface area contributed by atoms with Crippen LogP contribution in [0.5, 0.6) is 5.75 Å². The highest BCUT2D eigenvalue weighted by molar-refractivity contribution is 5.91. The van der Waals surface area contributed by atoms with E-state index in [1.165, 1.54) is 6.26 Å². The Kier molecular flexibility index (Phi) is 7.46. The fourth-order valence-corrected chi connectivity index (χ4v) is 4.56. The van der Waals surface area contributed by atoms with Crippen molar-refractivity contribution < 1.29 is 18.7 Å². The highest BCUT2D eigenvalue weighted by Crippen LogP contribution is 2.30. The normalized spacial score (nSPS) is 13.6. The average Bonchev–Trinajstić information content (AvgIpc) is 3.50. The summed E-state index contributed by atoms with van der Waals surface area (Å²) in [6, 6.07) is 21.5. The number of benzene rings is 2. The second kappa shape index (κ2) is 11.3. The number of rotatable bonds is 8. The summed E-state index contributed by atoms with van der Waals surface area (Å²) in [5.74, 6) is 2.63. The van der Waals surface area contributed by atoms with Crippen LogP contribution in [0.1, 0.15) is 27.4 Å². The van der Waals surface area contributed by atoms with E-state index in [0.717, 1.165) is 34.0 Å². The number of carbonyl (C=O) groups excluding carboxylic acids is 1. The lowest BCUT2D eigenvalue weighted by molar-refractivity contribution is 0.0714. The molecule has 190 valence electrons. The molecule has 37 heavy (non-hydrogen) atoms. The third kappa shape index (κ3) is 5.49. The van der Waals surface area contributed by atoms with Crippen molar-refractivity contribution in [2.45, 2.75) is 13.0 Å². The van der Waals surface area contributed by atoms with Crippen molar-refractivity contribution in [3.8, 4) is 17.1 Å². The van der Waals surface area contributed by atoms with Gasteiger partial charge in [0.15, 0.2) is 11.6 Å². The Bertz CT molecular complexity index is 1320. The van der Waals surface area contributed by atoms with E-state index < -0.39 is 0 Å². The molecule has 0 spiro atoms. The Labute approximate surface area is 216 Å². The van der Waals surface area contributed by atoms with Gasteiger partial charge in [-0.15, -0.1) is 0 Å². The maximum Gasteiger partial charge on any atom is 0.289 e. The smallest absolute Gasteiger partial charge is 0.289 e. The molecule has 0 unspecified atom stereocenters. The number of furan rings is 1. The predicted molar refractivity (Wildman–Crippen MR) is 141 cm³/mol. The van der Waals surface area contributed by atoms with Crippen LogP contribution in [0.3, 0.4) is 0 Å². The summed E-state index contributed by atoms with van der Waals surface area (Å²) in [5.41, 5.74) is 3.96. The number of nitrogens with zero attached hydrogens (tertiary/aromatic N) is 4. The molecule has 0 radical (unpaired) electrons. The number of hydrogen-bond acceptors (Lipinski definition) is 7. The van der Waals surface area contributed by atoms with Gasteiger partial charge in [0.25, 0.3) is 5.91 Å². The van der Waals surface area contributed by atoms with Crippen LogP contribution >= 0.6 is 0 Å². The summed E-state index contributed by atoms with van der Waals surface area (Å²) < 4.78 is 16.2. The summed E-state index contributed by atoms with van der Waals surface area (Å²) in [6.07, 6.45) is 2.18. The van der Waals surface area contributed by atoms with Gasteiger partial charge in [0.1, 0.15) is 11.6 Å². The number of ether oxygens (including phenoxy) is 2. The first-order chi connectivity index (χ1) is 18.2. The molecule has 1 saturated heterocycles. The van der Waals surface area contributed by atoms with Crippen LogP contribution < -0.4 is 9.64 Å². The first-order valence-corrected chi connectivity index (χ1v) is 12.3. The molecular formula is C29H30N4O4. The first kappa shape index (κ1) is 24.5. The molecule has 1 amide bonds. The lowest BCUT2D eigenvalue weighted by atomic mass is 10.0. The van der Waals surface area contributed by atoms with E-state index in [1.54, 1.807) is 26.4 Å². The fraction of sp³-hybridized carbons (Fsp3) is 0.276. The van der Waals surface area contributed by atoms with E-state index in [0.29, 0.717) is 50.8 Å². The average molecular weight is 499 g/mol. The molecule has 1 aliphatic rings. The van der Waals surface area contributed by atoms with E-state index >= 15 is 0 Å². The zero-order chi connectivity index (χ0) is 25.6. The standard InChI is InChI=1S/C29H30N4O4/c1-35-20-25-24(19-21-10-12-23(36-2)13-11-21)28(31-27(30-25)22-7-4-3-5-8-22)32-14-16-33(17-15-32)29(34)26-9-6-18-37-26/h3-13,18H,14-17,19-20H2,1-2H3. The van der Waals surface area contributed by atoms with Crippen LogP contribution in [0.25, 0.3) is 11.4 Å². The van der Waals surface area contributed by atoms with Crippen LogP contribution in [-0.2, 0) is 17.8 Å². The van der Waals surface area contributed by atoms with Gasteiger partial charge < -0.3 is 23.7 Å². The molecule has 8 heteroatoms. The SMILES string of the molecule is COCc1nc(-c2ccccc2)nc(N2CCN(C(=O)c3ccco3)CC2)c1Cc1ccc(OC)cc1. The third-order valence-corrected chi connectivity index (χ3v) is 6.52. The van der Waals surface area contributed by atoms with Gasteiger partial charge in [0.2, 0.25) is 0 Å². The quantitative estimate of drug-likeness (QED) is 0.355. The van der Waals surface area contributed by atoms with Crippen LogP contribution in [-0.4, -0.2) is 61.2 Å². The molecule has 1 fully saturated rings. The Balaban J connectivity index is 1.49. The summed E-state index contributed by atoms with van der Waals surface area (Å²) in [4.78, 5) is 26.9. The molecule has 2 aromatic carbocycles. The van der Waals surface area contributed by atoms with Gasteiger partial charge in [-0.3, -0.25) is 4.79 Å². The molecule has 8 nitrogen and oxygen atoms in total. The van der Waals surface area contributed by atoms with Gasteiger partial charge in [-0.1, -0.05) is 42.5 Å². The lowest BCUT2D eigenvalue weighted by Crippen LogP contribution is -2.49. The number of amides is 1. The number of piperazine rings is 1. The largest absolute Gasteiger partial charge is 0.497 e. The fourth-order valence-electron chi connectivity index (χ4n) is 4.56. The monoisotopic (exact) mass is 498 g/mol. The minimum Gasteiger partial charge on any atom is -0.497 e. The highest BCUT2D eigenvalue weighted by atomic mass is 16.5. The Morgan fingerprint density at radius 1 is 0.919 bits per heavy atom. The molecule has 0 N–H and O–H groups in total. The lowest BCUT2D eigenvalue weighted by Gasteiger charge is -2.36. The van der Waals surface area contributed by atoms with E-state index in [2.05, 4.69) is 17.0 Å². The van der Waals surface area contributed by atoms with Crippen LogP contribution in [0, 0.1) is 0 Å². The second-order valence-corrected chi connectivity index (χ2v) is 8.88. The molecule has 1 aliphatic heterocycles. The second-order valence-electron chi connectivity index (χ2n) is 8.88. The summed E-state index contributed by atoms with van der Waals surface area (Å²) in [7, 11) is 3.34. The van der Waals surface area contributed by atoms with Crippen molar-refractivity contribution in [3.05, 3.63) is 95.6 Å². The predicted octanol–water partition coefficient (Wildman–Crippen LogP) is 4.44. The van der Waals surface area contributed by atoms with Gasteiger partial charge in [-0.25, -0.2) is 9.97 Å². The van der Waals surface area contributed by atoms with Gasteiger partial charge in [-0.05, 0) is 29.8 Å². The van der Waals surface area contributed by atoms with Crippen molar-refractivity contribution >= 4 is 11.7 Å². The molecule has 0 aliphatic carbocycles. The summed E-state index contributed by atoms with van der Waals surface area (Å²) in [5, 5.41) is 0. The molecule has 4 aromatic rings. The van der Waals surface area contributed by atoms with Gasteiger partial charge in [-0.2, -0.15) is 0 Å². The van der Waals surface area contributed by atoms with Crippen molar-refractivity contribution in [3.63, 3.8) is 0 Å². The van der Waals surface area contributed by atoms with Crippen molar-refractivity contribution in [2.24, 2.45) is 0 Å². The number of anilines is 1. The Morgan fingerprint density at radius 3 is 2.32 bits per heavy atom. The molecule has 3 heterocycles. The van der Waals surface area contributed by atoms with E-state index in [1.807, 2.05) is 47.4 Å². The molecule has 0 atom stereocenters. The topological polar surface area (TPSA) is 80.9 Å². The molecule has 0 saturated carbocycles. The van der Waals surface area contributed by atoms with Gasteiger partial charge in [0, 0.05) is 50.8 Å². The summed E-state index contributed by atoms with van der Waals surface area (Å²) in [6.45, 7) is 2.83. The molecule has 5 rings (SSSR count). The maximum absolute atomic E-state index is 12.8. The van der Waals surface area contributed by atoms with Crippen molar-refractivity contribution in [2.75, 3.05) is 45.3 Å². The zero-order valence-corrected chi connectivity index (χ0v) is 21.1. The summed E-state index contributed by atoms with van der Waals surface area (Å²) >= 11 is 0. The maximum atomic E-state index is 12.8. The first-order valence-electron chi connectivity index (χ1n) is 12.3.